The van der Waals surface area contributed by atoms with Crippen molar-refractivity contribution in [3.05, 3.63) is 54.1 Å². The second-order valence-electron chi connectivity index (χ2n) is 7.21. The standard InChI is InChI=1S/C22H28O6/c1-5-25-18-8-6-16(7-9-18)21(24)28-20-12-10-19(11-13-20)26-14-17(23)15-27-22(2,3)4/h6-13,17,23H,5,14-15H2,1-4H3. The fourth-order valence-electron chi connectivity index (χ4n) is 2.21. The minimum Gasteiger partial charge on any atom is -0.494 e. The lowest BCUT2D eigenvalue weighted by Crippen LogP contribution is -2.29. The van der Waals surface area contributed by atoms with Gasteiger partial charge in [0, 0.05) is 0 Å². The summed E-state index contributed by atoms with van der Waals surface area (Å²) in [7, 11) is 0. The van der Waals surface area contributed by atoms with Gasteiger partial charge >= 0.3 is 5.97 Å². The van der Waals surface area contributed by atoms with Crippen molar-refractivity contribution in [3.63, 3.8) is 0 Å². The molecular weight excluding hydrogens is 360 g/mol. The van der Waals surface area contributed by atoms with E-state index in [0.717, 1.165) is 0 Å². The zero-order valence-electron chi connectivity index (χ0n) is 16.8. The molecule has 28 heavy (non-hydrogen) atoms. The van der Waals surface area contributed by atoms with E-state index in [1.54, 1.807) is 48.5 Å². The topological polar surface area (TPSA) is 74.2 Å². The lowest BCUT2D eigenvalue weighted by atomic mass is 10.2. The molecule has 1 atom stereocenters. The molecule has 0 saturated heterocycles. The molecule has 2 aromatic rings. The van der Waals surface area contributed by atoms with Crippen molar-refractivity contribution in [1.82, 2.24) is 0 Å². The van der Waals surface area contributed by atoms with Crippen LogP contribution >= 0.6 is 0 Å². The number of hydrogen-bond acceptors (Lipinski definition) is 6. The Hall–Kier alpha value is -2.57. The Balaban J connectivity index is 1.82. The van der Waals surface area contributed by atoms with Crippen LogP contribution in [0.15, 0.2) is 48.5 Å². The van der Waals surface area contributed by atoms with Crippen molar-refractivity contribution >= 4 is 5.97 Å². The van der Waals surface area contributed by atoms with Gasteiger partial charge in [0.05, 0.1) is 24.4 Å². The molecular formula is C22H28O6. The van der Waals surface area contributed by atoms with Crippen molar-refractivity contribution in [2.75, 3.05) is 19.8 Å². The van der Waals surface area contributed by atoms with E-state index < -0.39 is 12.1 Å². The Kier molecular flexibility index (Phi) is 7.84. The molecule has 6 nitrogen and oxygen atoms in total. The summed E-state index contributed by atoms with van der Waals surface area (Å²) < 4.78 is 21.7. The third kappa shape index (κ3) is 7.58. The van der Waals surface area contributed by atoms with Gasteiger partial charge in [0.25, 0.3) is 0 Å². The van der Waals surface area contributed by atoms with Gasteiger partial charge < -0.3 is 24.1 Å². The number of carbonyl (C=O) groups is 1. The molecule has 0 aliphatic carbocycles. The van der Waals surface area contributed by atoms with Crippen LogP contribution in [0.1, 0.15) is 38.1 Å². The number of ether oxygens (including phenoxy) is 4. The number of benzene rings is 2. The molecule has 0 amide bonds. The van der Waals surface area contributed by atoms with Crippen LogP contribution in [0, 0.1) is 0 Å². The summed E-state index contributed by atoms with van der Waals surface area (Å²) in [5.74, 6) is 1.22. The third-order valence-electron chi connectivity index (χ3n) is 3.59. The van der Waals surface area contributed by atoms with Crippen molar-refractivity contribution in [3.8, 4) is 17.2 Å². The molecule has 1 N–H and O–H groups in total. The molecule has 152 valence electrons. The molecule has 0 radical (unpaired) electrons. The maximum Gasteiger partial charge on any atom is 0.343 e. The highest BCUT2D eigenvalue weighted by Gasteiger charge is 2.14. The largest absolute Gasteiger partial charge is 0.494 e. The minimum atomic E-state index is -0.726. The van der Waals surface area contributed by atoms with E-state index >= 15 is 0 Å². The van der Waals surface area contributed by atoms with Crippen molar-refractivity contribution < 1.29 is 28.8 Å². The first-order valence-electron chi connectivity index (χ1n) is 9.27. The summed E-state index contributed by atoms with van der Waals surface area (Å²) in [4.78, 5) is 12.2. The minimum absolute atomic E-state index is 0.112. The van der Waals surface area contributed by atoms with Crippen LogP contribution in [0.5, 0.6) is 17.2 Å². The van der Waals surface area contributed by atoms with Gasteiger partial charge in [-0.3, -0.25) is 0 Å². The van der Waals surface area contributed by atoms with Crippen LogP contribution < -0.4 is 14.2 Å². The molecule has 0 spiro atoms. The van der Waals surface area contributed by atoms with E-state index in [2.05, 4.69) is 0 Å². The summed E-state index contributed by atoms with van der Waals surface area (Å²) in [6.07, 6.45) is -0.726. The average molecular weight is 388 g/mol. The molecule has 0 heterocycles. The molecule has 0 fully saturated rings. The van der Waals surface area contributed by atoms with Gasteiger partial charge in [0.1, 0.15) is 30.0 Å². The SMILES string of the molecule is CCOc1ccc(C(=O)Oc2ccc(OCC(O)COC(C)(C)C)cc2)cc1. The monoisotopic (exact) mass is 388 g/mol. The molecule has 0 aromatic heterocycles. The fourth-order valence-corrected chi connectivity index (χ4v) is 2.21. The summed E-state index contributed by atoms with van der Waals surface area (Å²) in [5.41, 5.74) is 0.126. The van der Waals surface area contributed by atoms with Crippen molar-refractivity contribution in [1.29, 1.82) is 0 Å². The van der Waals surface area contributed by atoms with Gasteiger partial charge in [-0.15, -0.1) is 0 Å². The summed E-state index contributed by atoms with van der Waals surface area (Å²) >= 11 is 0. The molecule has 0 saturated carbocycles. The highest BCUT2D eigenvalue weighted by Crippen LogP contribution is 2.20. The smallest absolute Gasteiger partial charge is 0.343 e. The van der Waals surface area contributed by atoms with Crippen LogP contribution in [-0.4, -0.2) is 42.6 Å². The molecule has 1 unspecified atom stereocenters. The number of carbonyl (C=O) groups excluding carboxylic acids is 1. The second kappa shape index (κ2) is 10.1. The maximum absolute atomic E-state index is 12.2. The lowest BCUT2D eigenvalue weighted by molar-refractivity contribution is -0.0586. The fraction of sp³-hybridized carbons (Fsp3) is 0.409. The Morgan fingerprint density at radius 1 is 0.893 bits per heavy atom. The number of aliphatic hydroxyl groups is 1. The second-order valence-corrected chi connectivity index (χ2v) is 7.21. The number of aliphatic hydroxyl groups excluding tert-OH is 1. The van der Waals surface area contributed by atoms with E-state index in [0.29, 0.717) is 29.4 Å². The predicted octanol–water partition coefficient (Wildman–Crippen LogP) is 3.86. The van der Waals surface area contributed by atoms with Gasteiger partial charge in [-0.05, 0) is 76.2 Å². The van der Waals surface area contributed by atoms with Crippen LogP contribution in [0.25, 0.3) is 0 Å². The molecule has 0 aliphatic heterocycles. The highest BCUT2D eigenvalue weighted by atomic mass is 16.5. The quantitative estimate of drug-likeness (QED) is 0.519. The van der Waals surface area contributed by atoms with E-state index in [9.17, 15) is 9.90 Å². The molecule has 0 bridgehead atoms. The number of esters is 1. The zero-order chi connectivity index (χ0) is 20.6. The first kappa shape index (κ1) is 21.7. The average Bonchev–Trinajstić information content (AvgIpc) is 2.66. The van der Waals surface area contributed by atoms with Crippen LogP contribution in [0.3, 0.4) is 0 Å². The molecule has 2 rings (SSSR count). The van der Waals surface area contributed by atoms with Crippen molar-refractivity contribution in [2.45, 2.75) is 39.4 Å². The van der Waals surface area contributed by atoms with Crippen LogP contribution in [-0.2, 0) is 4.74 Å². The Morgan fingerprint density at radius 2 is 1.43 bits per heavy atom. The Morgan fingerprint density at radius 3 is 2.00 bits per heavy atom. The number of hydrogen-bond donors (Lipinski definition) is 1. The van der Waals surface area contributed by atoms with E-state index in [-0.39, 0.29) is 18.8 Å². The highest BCUT2D eigenvalue weighted by molar-refractivity contribution is 5.91. The Labute approximate surface area is 166 Å². The first-order valence-corrected chi connectivity index (χ1v) is 9.27. The molecule has 6 heteroatoms. The predicted molar refractivity (Wildman–Crippen MR) is 106 cm³/mol. The van der Waals surface area contributed by atoms with Gasteiger partial charge in [-0.1, -0.05) is 0 Å². The zero-order valence-corrected chi connectivity index (χ0v) is 16.8. The summed E-state index contributed by atoms with van der Waals surface area (Å²) in [5, 5.41) is 9.90. The number of rotatable bonds is 9. The lowest BCUT2D eigenvalue weighted by Gasteiger charge is -2.22. The maximum atomic E-state index is 12.2. The van der Waals surface area contributed by atoms with Crippen molar-refractivity contribution in [2.24, 2.45) is 0 Å². The van der Waals surface area contributed by atoms with Gasteiger partial charge in [-0.2, -0.15) is 0 Å². The van der Waals surface area contributed by atoms with E-state index in [4.69, 9.17) is 18.9 Å². The van der Waals surface area contributed by atoms with E-state index in [1.807, 2.05) is 27.7 Å². The molecule has 0 aliphatic rings. The van der Waals surface area contributed by atoms with Crippen LogP contribution in [0.2, 0.25) is 0 Å². The third-order valence-corrected chi connectivity index (χ3v) is 3.59. The van der Waals surface area contributed by atoms with Gasteiger partial charge in [-0.25, -0.2) is 4.79 Å². The Bertz CT molecular complexity index is 731. The first-order chi connectivity index (χ1) is 13.3. The van der Waals surface area contributed by atoms with Gasteiger partial charge in [0.2, 0.25) is 0 Å². The van der Waals surface area contributed by atoms with Gasteiger partial charge in [0.15, 0.2) is 0 Å². The summed E-state index contributed by atoms with van der Waals surface area (Å²) in [6, 6.07) is 13.4. The summed E-state index contributed by atoms with van der Waals surface area (Å²) in [6.45, 7) is 8.55. The molecule has 2 aromatic carbocycles. The van der Waals surface area contributed by atoms with E-state index in [1.165, 1.54) is 0 Å². The van der Waals surface area contributed by atoms with Crippen LogP contribution in [0.4, 0.5) is 0 Å². The normalized spacial score (nSPS) is 12.3.